The minimum atomic E-state index is -3.25. The molecule has 0 aliphatic heterocycles. The molecule has 3 aromatic rings. The molecule has 1 amide bonds. The number of rotatable bonds is 5. The highest BCUT2D eigenvalue weighted by Gasteiger charge is 2.23. The fourth-order valence-electron chi connectivity index (χ4n) is 3.15. The molecule has 152 valence electrons. The van der Waals surface area contributed by atoms with E-state index in [4.69, 9.17) is 0 Å². The van der Waals surface area contributed by atoms with Crippen LogP contribution in [0.4, 0.5) is 0 Å². The first-order valence-electron chi connectivity index (χ1n) is 9.28. The molecule has 0 unspecified atom stereocenters. The highest BCUT2D eigenvalue weighted by Crippen LogP contribution is 2.24. The van der Waals surface area contributed by atoms with E-state index in [1.807, 2.05) is 45.0 Å². The summed E-state index contributed by atoms with van der Waals surface area (Å²) in [4.78, 5) is 15.0. The number of hydrogen-bond donors (Lipinski definition) is 0. The first-order chi connectivity index (χ1) is 13.6. The molecule has 0 bridgehead atoms. The van der Waals surface area contributed by atoms with E-state index in [-0.39, 0.29) is 16.8 Å². The predicted octanol–water partition coefficient (Wildman–Crippen LogP) is 3.73. The van der Waals surface area contributed by atoms with E-state index in [2.05, 4.69) is 5.10 Å². The largest absolute Gasteiger partial charge is 0.335 e. The summed E-state index contributed by atoms with van der Waals surface area (Å²) >= 11 is 0. The van der Waals surface area contributed by atoms with Crippen LogP contribution in [0.5, 0.6) is 0 Å². The lowest BCUT2D eigenvalue weighted by molar-refractivity contribution is 0.0742. The zero-order chi connectivity index (χ0) is 21.3. The molecule has 0 aliphatic rings. The van der Waals surface area contributed by atoms with Crippen LogP contribution >= 0.6 is 0 Å². The third kappa shape index (κ3) is 4.24. The van der Waals surface area contributed by atoms with Gasteiger partial charge in [-0.3, -0.25) is 4.79 Å². The number of benzene rings is 2. The van der Waals surface area contributed by atoms with E-state index in [0.717, 1.165) is 22.5 Å². The van der Waals surface area contributed by atoms with Gasteiger partial charge >= 0.3 is 0 Å². The standard InChI is InChI=1S/C22H25N3O3S/c1-15-6-10-19(11-7-15)25-17(3)21(14-23-25)22(26)24(4)16(2)18-8-12-20(13-9-18)29(5,27)28/h6-14,16H,1-5H3/t16-/m1/s1. The zero-order valence-corrected chi connectivity index (χ0v) is 18.1. The van der Waals surface area contributed by atoms with Gasteiger partial charge in [0, 0.05) is 13.3 Å². The van der Waals surface area contributed by atoms with Gasteiger partial charge in [0.1, 0.15) is 0 Å². The van der Waals surface area contributed by atoms with Gasteiger partial charge in [0.2, 0.25) is 0 Å². The summed E-state index contributed by atoms with van der Waals surface area (Å²) in [7, 11) is -1.51. The molecule has 1 aromatic heterocycles. The third-order valence-corrected chi connectivity index (χ3v) is 6.34. The number of carbonyl (C=O) groups is 1. The summed E-state index contributed by atoms with van der Waals surface area (Å²) in [5, 5.41) is 4.39. The topological polar surface area (TPSA) is 72.3 Å². The molecule has 0 saturated heterocycles. The van der Waals surface area contributed by atoms with Gasteiger partial charge in [0.05, 0.1) is 34.1 Å². The minimum Gasteiger partial charge on any atom is -0.335 e. The Kier molecular flexibility index (Phi) is 5.61. The van der Waals surface area contributed by atoms with Gasteiger partial charge in [0.15, 0.2) is 9.84 Å². The van der Waals surface area contributed by atoms with Crippen LogP contribution in [-0.2, 0) is 9.84 Å². The van der Waals surface area contributed by atoms with Crippen molar-refractivity contribution < 1.29 is 13.2 Å². The number of nitrogens with zero attached hydrogens (tertiary/aromatic N) is 3. The molecular weight excluding hydrogens is 386 g/mol. The summed E-state index contributed by atoms with van der Waals surface area (Å²) in [6, 6.07) is 14.4. The molecule has 6 nitrogen and oxygen atoms in total. The van der Waals surface area contributed by atoms with Crippen LogP contribution in [0.2, 0.25) is 0 Å². The molecule has 0 saturated carbocycles. The van der Waals surface area contributed by atoms with Crippen LogP contribution in [-0.4, -0.2) is 42.3 Å². The van der Waals surface area contributed by atoms with E-state index >= 15 is 0 Å². The molecular formula is C22H25N3O3S. The highest BCUT2D eigenvalue weighted by atomic mass is 32.2. The Hall–Kier alpha value is -2.93. The molecule has 2 aromatic carbocycles. The minimum absolute atomic E-state index is 0.138. The Morgan fingerprint density at radius 2 is 1.62 bits per heavy atom. The van der Waals surface area contributed by atoms with Gasteiger partial charge in [-0.25, -0.2) is 13.1 Å². The van der Waals surface area contributed by atoms with Crippen molar-refractivity contribution in [3.05, 3.63) is 77.1 Å². The summed E-state index contributed by atoms with van der Waals surface area (Å²) < 4.78 is 25.0. The SMILES string of the molecule is Cc1ccc(-n2ncc(C(=O)N(C)[C@H](C)c3ccc(S(C)(=O)=O)cc3)c2C)cc1. The summed E-state index contributed by atoms with van der Waals surface area (Å²) in [5.41, 5.74) is 4.22. The maximum absolute atomic E-state index is 13.1. The Morgan fingerprint density at radius 3 is 2.17 bits per heavy atom. The fraction of sp³-hybridized carbons (Fsp3) is 0.273. The Labute approximate surface area is 171 Å². The van der Waals surface area contributed by atoms with Crippen molar-refractivity contribution in [2.75, 3.05) is 13.3 Å². The first kappa shape index (κ1) is 20.8. The second kappa shape index (κ2) is 7.83. The van der Waals surface area contributed by atoms with Gasteiger partial charge in [-0.15, -0.1) is 0 Å². The van der Waals surface area contributed by atoms with Crippen LogP contribution in [0, 0.1) is 13.8 Å². The first-order valence-corrected chi connectivity index (χ1v) is 11.2. The van der Waals surface area contributed by atoms with Crippen molar-refractivity contribution in [2.24, 2.45) is 0 Å². The van der Waals surface area contributed by atoms with Crippen molar-refractivity contribution in [1.29, 1.82) is 0 Å². The van der Waals surface area contributed by atoms with E-state index in [0.29, 0.717) is 5.56 Å². The van der Waals surface area contributed by atoms with Gasteiger partial charge in [0.25, 0.3) is 5.91 Å². The van der Waals surface area contributed by atoms with Crippen LogP contribution in [0.3, 0.4) is 0 Å². The quantitative estimate of drug-likeness (QED) is 0.641. The van der Waals surface area contributed by atoms with E-state index in [1.165, 1.54) is 6.26 Å². The van der Waals surface area contributed by atoms with Crippen molar-refractivity contribution in [2.45, 2.75) is 31.7 Å². The van der Waals surface area contributed by atoms with Crippen molar-refractivity contribution in [3.63, 3.8) is 0 Å². The molecule has 3 rings (SSSR count). The average Bonchev–Trinajstić information content (AvgIpc) is 3.07. The summed E-state index contributed by atoms with van der Waals surface area (Å²) in [6.07, 6.45) is 2.77. The third-order valence-electron chi connectivity index (χ3n) is 5.21. The number of aryl methyl sites for hydroxylation is 1. The number of amides is 1. The van der Waals surface area contributed by atoms with Crippen LogP contribution < -0.4 is 0 Å². The van der Waals surface area contributed by atoms with Gasteiger partial charge in [-0.05, 0) is 50.6 Å². The molecule has 0 spiro atoms. The molecule has 7 heteroatoms. The van der Waals surface area contributed by atoms with Gasteiger partial charge in [-0.1, -0.05) is 29.8 Å². The van der Waals surface area contributed by atoms with Crippen LogP contribution in [0.25, 0.3) is 5.69 Å². The lowest BCUT2D eigenvalue weighted by Gasteiger charge is -2.25. The van der Waals surface area contributed by atoms with Crippen LogP contribution in [0.15, 0.2) is 59.6 Å². The van der Waals surface area contributed by atoms with Crippen LogP contribution in [0.1, 0.15) is 40.1 Å². The predicted molar refractivity (Wildman–Crippen MR) is 113 cm³/mol. The molecule has 0 N–H and O–H groups in total. The molecule has 0 fully saturated rings. The Morgan fingerprint density at radius 1 is 1.03 bits per heavy atom. The Bertz CT molecular complexity index is 1130. The van der Waals surface area contributed by atoms with Crippen molar-refractivity contribution in [3.8, 4) is 5.69 Å². The smallest absolute Gasteiger partial charge is 0.257 e. The summed E-state index contributed by atoms with van der Waals surface area (Å²) in [6.45, 7) is 5.81. The number of aromatic nitrogens is 2. The maximum atomic E-state index is 13.1. The van der Waals surface area contributed by atoms with E-state index in [1.54, 1.807) is 47.1 Å². The Balaban J connectivity index is 1.84. The highest BCUT2D eigenvalue weighted by molar-refractivity contribution is 7.90. The number of sulfone groups is 1. The van der Waals surface area contributed by atoms with Gasteiger partial charge in [-0.2, -0.15) is 5.10 Å². The lowest BCUT2D eigenvalue weighted by atomic mass is 10.1. The molecule has 1 atom stereocenters. The fourth-order valence-corrected chi connectivity index (χ4v) is 3.78. The van der Waals surface area contributed by atoms with Crippen molar-refractivity contribution >= 4 is 15.7 Å². The number of hydrogen-bond acceptors (Lipinski definition) is 4. The van der Waals surface area contributed by atoms with E-state index < -0.39 is 9.84 Å². The molecule has 1 heterocycles. The second-order valence-electron chi connectivity index (χ2n) is 7.32. The average molecular weight is 412 g/mol. The summed E-state index contributed by atoms with van der Waals surface area (Å²) in [5.74, 6) is -0.138. The zero-order valence-electron chi connectivity index (χ0n) is 17.2. The number of carbonyl (C=O) groups excluding carboxylic acids is 1. The van der Waals surface area contributed by atoms with Gasteiger partial charge < -0.3 is 4.90 Å². The molecule has 0 radical (unpaired) electrons. The molecule has 0 aliphatic carbocycles. The monoisotopic (exact) mass is 411 g/mol. The van der Waals surface area contributed by atoms with E-state index in [9.17, 15) is 13.2 Å². The second-order valence-corrected chi connectivity index (χ2v) is 9.34. The normalized spacial score (nSPS) is 12.6. The maximum Gasteiger partial charge on any atom is 0.257 e. The lowest BCUT2D eigenvalue weighted by Crippen LogP contribution is -2.30. The van der Waals surface area contributed by atoms with Crippen molar-refractivity contribution in [1.82, 2.24) is 14.7 Å². The molecule has 29 heavy (non-hydrogen) atoms.